The zero-order valence-electron chi connectivity index (χ0n) is 12.7. The maximum Gasteiger partial charge on any atom is 0.331 e. The Morgan fingerprint density at radius 2 is 1.95 bits per heavy atom. The van der Waals surface area contributed by atoms with Crippen molar-refractivity contribution in [2.24, 2.45) is 5.92 Å². The number of ether oxygens (including phenoxy) is 1. The van der Waals surface area contributed by atoms with Gasteiger partial charge < -0.3 is 10.1 Å². The van der Waals surface area contributed by atoms with E-state index in [9.17, 15) is 4.79 Å². The van der Waals surface area contributed by atoms with Gasteiger partial charge in [-0.15, -0.1) is 0 Å². The molecule has 0 heterocycles. The highest BCUT2D eigenvalue weighted by Gasteiger charge is 2.34. The molecule has 0 aromatic heterocycles. The van der Waals surface area contributed by atoms with Gasteiger partial charge in [-0.05, 0) is 56.9 Å². The van der Waals surface area contributed by atoms with Gasteiger partial charge in [-0.25, -0.2) is 4.79 Å². The van der Waals surface area contributed by atoms with E-state index < -0.39 is 5.54 Å². The molecule has 0 aliphatic rings. The summed E-state index contributed by atoms with van der Waals surface area (Å²) < 4.78 is 6.24. The number of hydrogen-bond donors (Lipinski definition) is 1. The summed E-state index contributed by atoms with van der Waals surface area (Å²) in [5.74, 6) is 0.360. The van der Waals surface area contributed by atoms with Gasteiger partial charge in [0.2, 0.25) is 0 Å². The van der Waals surface area contributed by atoms with E-state index in [0.29, 0.717) is 12.5 Å². The average Bonchev–Trinajstić information content (AvgIpc) is 2.39. The lowest BCUT2D eigenvalue weighted by molar-refractivity contribution is -0.148. The number of hydrogen-bond acceptors (Lipinski definition) is 3. The van der Waals surface area contributed by atoms with Gasteiger partial charge in [-0.3, -0.25) is 0 Å². The Labute approximate surface area is 130 Å². The summed E-state index contributed by atoms with van der Waals surface area (Å²) in [6.45, 7) is 8.46. The van der Waals surface area contributed by atoms with Crippen molar-refractivity contribution >= 4 is 27.6 Å². The summed E-state index contributed by atoms with van der Waals surface area (Å²) in [4.78, 5) is 12.3. The second kappa shape index (κ2) is 7.67. The average molecular weight is 342 g/mol. The summed E-state index contributed by atoms with van der Waals surface area (Å²) >= 11 is 3.41. The van der Waals surface area contributed by atoms with Crippen molar-refractivity contribution in [1.29, 1.82) is 0 Å². The van der Waals surface area contributed by atoms with E-state index in [1.807, 2.05) is 38.1 Å². The Kier molecular flexibility index (Phi) is 6.53. The van der Waals surface area contributed by atoms with Crippen LogP contribution in [0.15, 0.2) is 28.7 Å². The summed E-state index contributed by atoms with van der Waals surface area (Å²) in [5, 5.41) is 3.33. The first-order valence-electron chi connectivity index (χ1n) is 7.08. The third kappa shape index (κ3) is 5.16. The Hall–Kier alpha value is -1.03. The lowest BCUT2D eigenvalue weighted by Gasteiger charge is -2.30. The van der Waals surface area contributed by atoms with Crippen LogP contribution >= 0.6 is 15.9 Å². The minimum atomic E-state index is -0.686. The van der Waals surface area contributed by atoms with Gasteiger partial charge in [-0.2, -0.15) is 0 Å². The Bertz CT molecular complexity index is 431. The number of rotatable bonds is 7. The fourth-order valence-electron chi connectivity index (χ4n) is 1.94. The van der Waals surface area contributed by atoms with E-state index in [1.165, 1.54) is 0 Å². The molecular weight excluding hydrogens is 318 g/mol. The third-order valence-electron chi connectivity index (χ3n) is 3.21. The van der Waals surface area contributed by atoms with Crippen LogP contribution in [-0.4, -0.2) is 18.1 Å². The first-order valence-corrected chi connectivity index (χ1v) is 7.87. The molecule has 1 unspecified atom stereocenters. The number of benzene rings is 1. The SMILES string of the molecule is CCOC(=O)C(C)(CCC(C)C)Nc1ccc(Br)cc1. The fraction of sp³-hybridized carbons (Fsp3) is 0.562. The number of esters is 1. The molecule has 0 amide bonds. The van der Waals surface area contributed by atoms with E-state index in [2.05, 4.69) is 35.1 Å². The van der Waals surface area contributed by atoms with Gasteiger partial charge in [0.15, 0.2) is 0 Å². The lowest BCUT2D eigenvalue weighted by Crippen LogP contribution is -2.45. The van der Waals surface area contributed by atoms with Crippen molar-refractivity contribution < 1.29 is 9.53 Å². The Balaban J connectivity index is 2.85. The highest BCUT2D eigenvalue weighted by atomic mass is 79.9. The summed E-state index contributed by atoms with van der Waals surface area (Å²) in [5.41, 5.74) is 0.237. The maximum atomic E-state index is 12.3. The van der Waals surface area contributed by atoms with Gasteiger partial charge >= 0.3 is 5.97 Å². The van der Waals surface area contributed by atoms with Gasteiger partial charge in [0.1, 0.15) is 5.54 Å². The first-order chi connectivity index (χ1) is 9.37. The second-order valence-corrected chi connectivity index (χ2v) is 6.53. The molecule has 0 bridgehead atoms. The molecule has 0 saturated carbocycles. The summed E-state index contributed by atoms with van der Waals surface area (Å²) in [7, 11) is 0. The van der Waals surface area contributed by atoms with Crippen LogP contribution in [0.25, 0.3) is 0 Å². The zero-order chi connectivity index (χ0) is 15.2. The number of anilines is 1. The van der Waals surface area contributed by atoms with Crippen LogP contribution in [0.5, 0.6) is 0 Å². The van der Waals surface area contributed by atoms with Crippen LogP contribution in [0.3, 0.4) is 0 Å². The largest absolute Gasteiger partial charge is 0.464 e. The lowest BCUT2D eigenvalue weighted by atomic mass is 9.91. The van der Waals surface area contributed by atoms with E-state index in [4.69, 9.17) is 4.74 Å². The second-order valence-electron chi connectivity index (χ2n) is 5.62. The number of carbonyl (C=O) groups excluding carboxylic acids is 1. The quantitative estimate of drug-likeness (QED) is 0.735. The highest BCUT2D eigenvalue weighted by molar-refractivity contribution is 9.10. The fourth-order valence-corrected chi connectivity index (χ4v) is 2.20. The summed E-state index contributed by atoms with van der Waals surface area (Å²) in [6, 6.07) is 7.82. The van der Waals surface area contributed by atoms with E-state index in [-0.39, 0.29) is 5.97 Å². The number of carbonyl (C=O) groups is 1. The number of halogens is 1. The van der Waals surface area contributed by atoms with Crippen molar-refractivity contribution in [1.82, 2.24) is 0 Å². The maximum absolute atomic E-state index is 12.3. The molecule has 0 fully saturated rings. The van der Waals surface area contributed by atoms with Gasteiger partial charge in [-0.1, -0.05) is 29.8 Å². The minimum Gasteiger partial charge on any atom is -0.464 e. The molecule has 1 atom stereocenters. The molecule has 4 heteroatoms. The van der Waals surface area contributed by atoms with Crippen LogP contribution in [0, 0.1) is 5.92 Å². The molecule has 20 heavy (non-hydrogen) atoms. The molecule has 1 aromatic carbocycles. The van der Waals surface area contributed by atoms with E-state index >= 15 is 0 Å². The van der Waals surface area contributed by atoms with Crippen LogP contribution in [0.1, 0.15) is 40.5 Å². The molecule has 1 rings (SSSR count). The normalized spacial score (nSPS) is 13.9. The molecule has 0 radical (unpaired) electrons. The molecule has 0 spiro atoms. The molecule has 0 saturated heterocycles. The van der Waals surface area contributed by atoms with Crippen molar-refractivity contribution in [2.75, 3.05) is 11.9 Å². The first kappa shape index (κ1) is 17.0. The standard InChI is InChI=1S/C16H24BrNO2/c1-5-20-15(19)16(4,11-10-12(2)3)18-14-8-6-13(17)7-9-14/h6-9,12,18H,5,10-11H2,1-4H3. The smallest absolute Gasteiger partial charge is 0.331 e. The van der Waals surface area contributed by atoms with Crippen molar-refractivity contribution in [3.8, 4) is 0 Å². The topological polar surface area (TPSA) is 38.3 Å². The molecule has 0 aliphatic heterocycles. The molecule has 3 nitrogen and oxygen atoms in total. The molecule has 1 aromatic rings. The Morgan fingerprint density at radius 3 is 2.45 bits per heavy atom. The van der Waals surface area contributed by atoms with Crippen LogP contribution < -0.4 is 5.32 Å². The van der Waals surface area contributed by atoms with Gasteiger partial charge in [0.25, 0.3) is 0 Å². The van der Waals surface area contributed by atoms with Crippen LogP contribution in [0.2, 0.25) is 0 Å². The zero-order valence-corrected chi connectivity index (χ0v) is 14.3. The minimum absolute atomic E-state index is 0.191. The third-order valence-corrected chi connectivity index (χ3v) is 3.74. The predicted molar refractivity (Wildman–Crippen MR) is 86.9 cm³/mol. The predicted octanol–water partition coefficient (Wildman–Crippen LogP) is 4.62. The molecule has 0 aliphatic carbocycles. The van der Waals surface area contributed by atoms with Gasteiger partial charge in [0, 0.05) is 10.2 Å². The molecular formula is C16H24BrNO2. The highest BCUT2D eigenvalue weighted by Crippen LogP contribution is 2.25. The van der Waals surface area contributed by atoms with E-state index in [0.717, 1.165) is 23.0 Å². The summed E-state index contributed by atoms with van der Waals surface area (Å²) in [6.07, 6.45) is 1.72. The van der Waals surface area contributed by atoms with Gasteiger partial charge in [0.05, 0.1) is 6.61 Å². The van der Waals surface area contributed by atoms with Crippen LogP contribution in [0.4, 0.5) is 5.69 Å². The Morgan fingerprint density at radius 1 is 1.35 bits per heavy atom. The molecule has 1 N–H and O–H groups in total. The van der Waals surface area contributed by atoms with E-state index in [1.54, 1.807) is 0 Å². The molecule has 112 valence electrons. The van der Waals surface area contributed by atoms with Crippen molar-refractivity contribution in [2.45, 2.75) is 46.1 Å². The van der Waals surface area contributed by atoms with Crippen molar-refractivity contribution in [3.05, 3.63) is 28.7 Å². The number of nitrogens with one attached hydrogen (secondary N) is 1. The van der Waals surface area contributed by atoms with Crippen molar-refractivity contribution in [3.63, 3.8) is 0 Å². The monoisotopic (exact) mass is 341 g/mol. The van der Waals surface area contributed by atoms with Crippen LogP contribution in [-0.2, 0) is 9.53 Å².